The Kier molecular flexibility index (Phi) is 1.87. The summed E-state index contributed by atoms with van der Waals surface area (Å²) in [5.41, 5.74) is 2.10. The number of nitrogens with zero attached hydrogens (tertiary/aromatic N) is 3. The lowest BCUT2D eigenvalue weighted by molar-refractivity contribution is 0.748. The molecule has 0 aliphatic carbocycles. The molecule has 2 rings (SSSR count). The second-order valence-electron chi connectivity index (χ2n) is 2.44. The summed E-state index contributed by atoms with van der Waals surface area (Å²) in [7, 11) is 1.92. The minimum Gasteiger partial charge on any atom is -0.278 e. The van der Waals surface area contributed by atoms with Crippen molar-refractivity contribution < 1.29 is 0 Å². The normalized spacial score (nSPS) is 10.5. The smallest absolute Gasteiger partial charge is 0.108 e. The standard InChI is InChI=1S/C7H7IN4/c1-12-7(8)5(4-10-12)6-2-3-9-11-6/h2-4H,1H3,(H,9,11). The van der Waals surface area contributed by atoms with Crippen molar-refractivity contribution in [1.29, 1.82) is 0 Å². The fraction of sp³-hybridized carbons (Fsp3) is 0.143. The van der Waals surface area contributed by atoms with Gasteiger partial charge >= 0.3 is 0 Å². The van der Waals surface area contributed by atoms with Gasteiger partial charge in [0.2, 0.25) is 0 Å². The van der Waals surface area contributed by atoms with Crippen molar-refractivity contribution >= 4 is 22.6 Å². The van der Waals surface area contributed by atoms with Crippen LogP contribution in [-0.2, 0) is 7.05 Å². The number of H-pyrrole nitrogens is 1. The molecule has 0 unspecified atom stereocenters. The van der Waals surface area contributed by atoms with Crippen LogP contribution in [0.4, 0.5) is 0 Å². The minimum atomic E-state index is 1.01. The molecule has 1 N–H and O–H groups in total. The Labute approximate surface area is 83.1 Å². The highest BCUT2D eigenvalue weighted by Gasteiger charge is 2.07. The van der Waals surface area contributed by atoms with Crippen LogP contribution in [0, 0.1) is 3.70 Å². The fourth-order valence-corrected chi connectivity index (χ4v) is 1.56. The summed E-state index contributed by atoms with van der Waals surface area (Å²) in [5.74, 6) is 0. The van der Waals surface area contributed by atoms with Gasteiger partial charge in [-0.05, 0) is 28.7 Å². The molecule has 0 bridgehead atoms. The number of aromatic amines is 1. The summed E-state index contributed by atoms with van der Waals surface area (Å²) in [6.45, 7) is 0. The second kappa shape index (κ2) is 2.89. The number of aryl methyl sites for hydroxylation is 1. The molecule has 2 heterocycles. The number of hydrogen-bond donors (Lipinski definition) is 1. The van der Waals surface area contributed by atoms with Gasteiger partial charge in [-0.3, -0.25) is 9.78 Å². The van der Waals surface area contributed by atoms with Gasteiger partial charge < -0.3 is 0 Å². The lowest BCUT2D eigenvalue weighted by Gasteiger charge is -1.93. The van der Waals surface area contributed by atoms with Gasteiger partial charge in [0.1, 0.15) is 3.70 Å². The number of hydrogen-bond acceptors (Lipinski definition) is 2. The van der Waals surface area contributed by atoms with Crippen LogP contribution in [0.1, 0.15) is 0 Å². The van der Waals surface area contributed by atoms with E-state index < -0.39 is 0 Å². The van der Waals surface area contributed by atoms with E-state index in [1.165, 1.54) is 0 Å². The predicted molar refractivity (Wildman–Crippen MR) is 53.5 cm³/mol. The van der Waals surface area contributed by atoms with Gasteiger partial charge in [0.05, 0.1) is 17.5 Å². The van der Waals surface area contributed by atoms with Crippen LogP contribution in [-0.4, -0.2) is 20.0 Å². The van der Waals surface area contributed by atoms with E-state index in [2.05, 4.69) is 37.9 Å². The second-order valence-corrected chi connectivity index (χ2v) is 3.46. The Hall–Kier alpha value is -0.850. The molecule has 0 aliphatic heterocycles. The first-order valence-electron chi connectivity index (χ1n) is 3.46. The maximum absolute atomic E-state index is 4.13. The van der Waals surface area contributed by atoms with Crippen LogP contribution in [0.25, 0.3) is 11.3 Å². The lowest BCUT2D eigenvalue weighted by atomic mass is 10.3. The SMILES string of the molecule is Cn1ncc(-c2ccn[nH]2)c1I. The average molecular weight is 274 g/mol. The molecule has 0 amide bonds. The minimum absolute atomic E-state index is 1.01. The molecule has 4 nitrogen and oxygen atoms in total. The van der Waals surface area contributed by atoms with E-state index in [1.807, 2.05) is 24.0 Å². The van der Waals surface area contributed by atoms with Crippen molar-refractivity contribution in [3.05, 3.63) is 22.2 Å². The van der Waals surface area contributed by atoms with Gasteiger partial charge in [-0.1, -0.05) is 0 Å². The number of rotatable bonds is 1. The summed E-state index contributed by atoms with van der Waals surface area (Å²) < 4.78 is 2.94. The van der Waals surface area contributed by atoms with Crippen molar-refractivity contribution in [1.82, 2.24) is 20.0 Å². The molecule has 0 fully saturated rings. The van der Waals surface area contributed by atoms with Crippen molar-refractivity contribution in [2.75, 3.05) is 0 Å². The van der Waals surface area contributed by atoms with Crippen LogP contribution < -0.4 is 0 Å². The van der Waals surface area contributed by atoms with Crippen molar-refractivity contribution in [3.63, 3.8) is 0 Å². The van der Waals surface area contributed by atoms with E-state index in [0.717, 1.165) is 15.0 Å². The summed E-state index contributed by atoms with van der Waals surface area (Å²) in [5, 5.41) is 10.9. The highest BCUT2D eigenvalue weighted by Crippen LogP contribution is 2.21. The lowest BCUT2D eigenvalue weighted by Crippen LogP contribution is -1.92. The van der Waals surface area contributed by atoms with Gasteiger partial charge in [0.25, 0.3) is 0 Å². The van der Waals surface area contributed by atoms with E-state index in [0.29, 0.717) is 0 Å². The molecule has 0 atom stereocenters. The Morgan fingerprint density at radius 2 is 2.42 bits per heavy atom. The molecule has 2 aromatic heterocycles. The van der Waals surface area contributed by atoms with E-state index in [9.17, 15) is 0 Å². The first kappa shape index (κ1) is 7.78. The Balaban J connectivity index is 2.55. The third-order valence-corrected chi connectivity index (χ3v) is 2.94. The average Bonchev–Trinajstić information content (AvgIpc) is 2.64. The summed E-state index contributed by atoms with van der Waals surface area (Å²) in [6, 6.07) is 1.93. The third kappa shape index (κ3) is 1.13. The summed E-state index contributed by atoms with van der Waals surface area (Å²) >= 11 is 2.25. The maximum atomic E-state index is 4.13. The number of halogens is 1. The van der Waals surface area contributed by atoms with Crippen LogP contribution in [0.15, 0.2) is 18.5 Å². The molecule has 12 heavy (non-hydrogen) atoms. The molecule has 0 saturated carbocycles. The van der Waals surface area contributed by atoms with E-state index in [1.54, 1.807) is 6.20 Å². The first-order valence-corrected chi connectivity index (χ1v) is 4.54. The molecule has 0 saturated heterocycles. The van der Waals surface area contributed by atoms with Gasteiger partial charge in [-0.2, -0.15) is 10.2 Å². The van der Waals surface area contributed by atoms with Crippen molar-refractivity contribution in [3.8, 4) is 11.3 Å². The van der Waals surface area contributed by atoms with Gasteiger partial charge in [0.15, 0.2) is 0 Å². The quantitative estimate of drug-likeness (QED) is 0.799. The van der Waals surface area contributed by atoms with Gasteiger partial charge in [-0.25, -0.2) is 0 Å². The predicted octanol–water partition coefficient (Wildman–Crippen LogP) is 1.41. The molecule has 2 aromatic rings. The molecule has 5 heteroatoms. The molecule has 62 valence electrons. The van der Waals surface area contributed by atoms with Gasteiger partial charge in [-0.15, -0.1) is 0 Å². The zero-order valence-electron chi connectivity index (χ0n) is 6.45. The van der Waals surface area contributed by atoms with E-state index in [-0.39, 0.29) is 0 Å². The largest absolute Gasteiger partial charge is 0.278 e. The summed E-state index contributed by atoms with van der Waals surface area (Å²) in [4.78, 5) is 0. The molecule has 0 aliphatic rings. The van der Waals surface area contributed by atoms with Crippen molar-refractivity contribution in [2.24, 2.45) is 7.05 Å². The number of aromatic nitrogens is 4. The zero-order valence-corrected chi connectivity index (χ0v) is 8.61. The molecule has 0 aromatic carbocycles. The number of nitrogens with one attached hydrogen (secondary N) is 1. The Morgan fingerprint density at radius 1 is 1.58 bits per heavy atom. The Morgan fingerprint density at radius 3 is 2.92 bits per heavy atom. The topological polar surface area (TPSA) is 46.5 Å². The molecular weight excluding hydrogens is 267 g/mol. The van der Waals surface area contributed by atoms with Crippen LogP contribution >= 0.6 is 22.6 Å². The summed E-state index contributed by atoms with van der Waals surface area (Å²) in [6.07, 6.45) is 3.56. The molecular formula is C7H7IN4. The monoisotopic (exact) mass is 274 g/mol. The third-order valence-electron chi connectivity index (χ3n) is 1.66. The maximum Gasteiger partial charge on any atom is 0.108 e. The highest BCUT2D eigenvalue weighted by atomic mass is 127. The van der Waals surface area contributed by atoms with Crippen molar-refractivity contribution in [2.45, 2.75) is 0 Å². The van der Waals surface area contributed by atoms with E-state index >= 15 is 0 Å². The van der Waals surface area contributed by atoms with Crippen LogP contribution in [0.5, 0.6) is 0 Å². The van der Waals surface area contributed by atoms with Gasteiger partial charge in [0, 0.05) is 13.2 Å². The highest BCUT2D eigenvalue weighted by molar-refractivity contribution is 14.1. The zero-order chi connectivity index (χ0) is 8.55. The molecule has 0 spiro atoms. The molecule has 0 radical (unpaired) electrons. The Bertz CT molecular complexity index is 376. The fourth-order valence-electron chi connectivity index (χ4n) is 1.01. The van der Waals surface area contributed by atoms with E-state index in [4.69, 9.17) is 0 Å². The first-order chi connectivity index (χ1) is 5.79. The van der Waals surface area contributed by atoms with Crippen LogP contribution in [0.3, 0.4) is 0 Å². The van der Waals surface area contributed by atoms with Crippen LogP contribution in [0.2, 0.25) is 0 Å².